The van der Waals surface area contributed by atoms with E-state index >= 15 is 0 Å². The van der Waals surface area contributed by atoms with Gasteiger partial charge in [0, 0.05) is 30.4 Å². The molecule has 4 aromatic carbocycles. The standard InChI is InChI=1S/C27H22N2/c1-29(27-14-8-6-12-24(27)20-9-3-2-4-10-20)23-17-15-21(16-18-23)26-19-22-11-5-7-13-25(22)28-26/h2-18H,19H2,1H3. The average molecular weight is 374 g/mol. The van der Waals surface area contributed by atoms with Gasteiger partial charge in [0.05, 0.1) is 11.4 Å². The van der Waals surface area contributed by atoms with Gasteiger partial charge in [-0.1, -0.05) is 78.9 Å². The summed E-state index contributed by atoms with van der Waals surface area (Å²) in [6.07, 6.45) is 0.905. The Morgan fingerprint density at radius 3 is 2.14 bits per heavy atom. The second-order valence-electron chi connectivity index (χ2n) is 7.35. The van der Waals surface area contributed by atoms with Gasteiger partial charge in [0.2, 0.25) is 0 Å². The van der Waals surface area contributed by atoms with E-state index in [-0.39, 0.29) is 0 Å². The molecule has 1 heterocycles. The van der Waals surface area contributed by atoms with Gasteiger partial charge in [-0.25, -0.2) is 0 Å². The number of anilines is 2. The van der Waals surface area contributed by atoms with E-state index in [1.807, 2.05) is 6.07 Å². The SMILES string of the molecule is CN(c1ccc(C2=Nc3ccccc3C2)cc1)c1ccccc1-c1ccccc1. The third-order valence-electron chi connectivity index (χ3n) is 5.54. The summed E-state index contributed by atoms with van der Waals surface area (Å²) in [6.45, 7) is 0. The molecule has 0 bridgehead atoms. The van der Waals surface area contributed by atoms with E-state index in [0.29, 0.717) is 0 Å². The summed E-state index contributed by atoms with van der Waals surface area (Å²) in [7, 11) is 2.12. The van der Waals surface area contributed by atoms with Crippen molar-refractivity contribution in [3.63, 3.8) is 0 Å². The summed E-state index contributed by atoms with van der Waals surface area (Å²) >= 11 is 0. The summed E-state index contributed by atoms with van der Waals surface area (Å²) in [5, 5.41) is 0. The molecule has 0 unspecified atom stereocenters. The van der Waals surface area contributed by atoms with Crippen LogP contribution in [0, 0.1) is 0 Å². The van der Waals surface area contributed by atoms with Crippen molar-refractivity contribution in [1.29, 1.82) is 0 Å². The van der Waals surface area contributed by atoms with Crippen LogP contribution in [0.4, 0.5) is 17.1 Å². The normalized spacial score (nSPS) is 12.4. The molecule has 29 heavy (non-hydrogen) atoms. The van der Waals surface area contributed by atoms with Crippen LogP contribution in [-0.2, 0) is 6.42 Å². The Morgan fingerprint density at radius 2 is 1.34 bits per heavy atom. The lowest BCUT2D eigenvalue weighted by Crippen LogP contribution is -2.11. The molecule has 2 nitrogen and oxygen atoms in total. The number of nitrogens with zero attached hydrogens (tertiary/aromatic N) is 2. The third kappa shape index (κ3) is 3.34. The zero-order valence-corrected chi connectivity index (χ0v) is 16.4. The molecule has 0 saturated heterocycles. The van der Waals surface area contributed by atoms with Crippen molar-refractivity contribution in [3.8, 4) is 11.1 Å². The molecule has 0 atom stereocenters. The van der Waals surface area contributed by atoms with Crippen molar-refractivity contribution in [2.24, 2.45) is 4.99 Å². The van der Waals surface area contributed by atoms with Gasteiger partial charge >= 0.3 is 0 Å². The van der Waals surface area contributed by atoms with E-state index in [0.717, 1.165) is 23.5 Å². The first-order chi connectivity index (χ1) is 14.3. The van der Waals surface area contributed by atoms with Gasteiger partial charge in [0.1, 0.15) is 0 Å². The molecule has 1 aliphatic heterocycles. The minimum absolute atomic E-state index is 0.905. The second-order valence-corrected chi connectivity index (χ2v) is 7.35. The van der Waals surface area contributed by atoms with E-state index in [1.165, 1.54) is 27.9 Å². The monoisotopic (exact) mass is 374 g/mol. The molecule has 2 heteroatoms. The van der Waals surface area contributed by atoms with E-state index in [1.54, 1.807) is 0 Å². The van der Waals surface area contributed by atoms with Crippen molar-refractivity contribution in [2.75, 3.05) is 11.9 Å². The molecular weight excluding hydrogens is 352 g/mol. The Labute approximate surface area is 171 Å². The quantitative estimate of drug-likeness (QED) is 0.383. The number of fused-ring (bicyclic) bond motifs is 1. The Kier molecular flexibility index (Phi) is 4.45. The predicted octanol–water partition coefficient (Wildman–Crippen LogP) is 6.80. The Balaban J connectivity index is 1.43. The smallest absolute Gasteiger partial charge is 0.0669 e. The summed E-state index contributed by atoms with van der Waals surface area (Å²) in [5.41, 5.74) is 9.55. The topological polar surface area (TPSA) is 15.6 Å². The fourth-order valence-corrected chi connectivity index (χ4v) is 3.95. The van der Waals surface area contributed by atoms with Crippen LogP contribution < -0.4 is 4.90 Å². The highest BCUT2D eigenvalue weighted by molar-refractivity contribution is 6.06. The first-order valence-corrected chi connectivity index (χ1v) is 9.94. The maximum absolute atomic E-state index is 4.81. The third-order valence-corrected chi connectivity index (χ3v) is 5.54. The highest BCUT2D eigenvalue weighted by Gasteiger charge is 2.16. The summed E-state index contributed by atoms with van der Waals surface area (Å²) in [5.74, 6) is 0. The fraction of sp³-hybridized carbons (Fsp3) is 0.0741. The van der Waals surface area contributed by atoms with E-state index in [4.69, 9.17) is 4.99 Å². The molecule has 1 aliphatic rings. The van der Waals surface area contributed by atoms with Crippen LogP contribution in [0.25, 0.3) is 11.1 Å². The first-order valence-electron chi connectivity index (χ1n) is 9.94. The van der Waals surface area contributed by atoms with Crippen LogP contribution in [0.15, 0.2) is 108 Å². The Morgan fingerprint density at radius 1 is 0.655 bits per heavy atom. The number of hydrogen-bond donors (Lipinski definition) is 0. The first kappa shape index (κ1) is 17.4. The molecule has 0 saturated carbocycles. The Hall–Kier alpha value is -3.65. The Bertz CT molecular complexity index is 1170. The zero-order chi connectivity index (χ0) is 19.6. The summed E-state index contributed by atoms with van der Waals surface area (Å²) in [6, 6.07) is 36.2. The minimum atomic E-state index is 0.905. The van der Waals surface area contributed by atoms with Crippen molar-refractivity contribution >= 4 is 22.8 Å². The number of aliphatic imine (C=N–C) groups is 1. The maximum atomic E-state index is 4.81. The lowest BCUT2D eigenvalue weighted by Gasteiger charge is -2.23. The van der Waals surface area contributed by atoms with Gasteiger partial charge in [-0.05, 0) is 41.0 Å². The van der Waals surface area contributed by atoms with Crippen molar-refractivity contribution in [1.82, 2.24) is 0 Å². The van der Waals surface area contributed by atoms with Gasteiger partial charge in [-0.3, -0.25) is 4.99 Å². The van der Waals surface area contributed by atoms with E-state index in [2.05, 4.69) is 109 Å². The van der Waals surface area contributed by atoms with E-state index < -0.39 is 0 Å². The second kappa shape index (κ2) is 7.40. The zero-order valence-electron chi connectivity index (χ0n) is 16.4. The van der Waals surface area contributed by atoms with Crippen LogP contribution in [0.3, 0.4) is 0 Å². The summed E-state index contributed by atoms with van der Waals surface area (Å²) < 4.78 is 0. The van der Waals surface area contributed by atoms with Gasteiger partial charge < -0.3 is 4.90 Å². The highest BCUT2D eigenvalue weighted by Crippen LogP contribution is 2.34. The average Bonchev–Trinajstić information content (AvgIpc) is 3.24. The largest absolute Gasteiger partial charge is 0.344 e. The molecule has 0 amide bonds. The van der Waals surface area contributed by atoms with Crippen molar-refractivity contribution in [3.05, 3.63) is 114 Å². The number of hydrogen-bond acceptors (Lipinski definition) is 2. The summed E-state index contributed by atoms with van der Waals surface area (Å²) in [4.78, 5) is 7.06. The highest BCUT2D eigenvalue weighted by atomic mass is 15.1. The molecule has 0 spiro atoms. The van der Waals surface area contributed by atoms with Crippen LogP contribution in [0.5, 0.6) is 0 Å². The van der Waals surface area contributed by atoms with Gasteiger partial charge in [-0.2, -0.15) is 0 Å². The fourth-order valence-electron chi connectivity index (χ4n) is 3.95. The molecule has 4 aromatic rings. The molecule has 140 valence electrons. The van der Waals surface area contributed by atoms with Crippen LogP contribution in [0.2, 0.25) is 0 Å². The van der Waals surface area contributed by atoms with Gasteiger partial charge in [0.25, 0.3) is 0 Å². The van der Waals surface area contributed by atoms with Crippen molar-refractivity contribution in [2.45, 2.75) is 6.42 Å². The van der Waals surface area contributed by atoms with Gasteiger partial charge in [0.15, 0.2) is 0 Å². The number of rotatable bonds is 4. The lowest BCUT2D eigenvalue weighted by atomic mass is 10.0. The molecule has 5 rings (SSSR count). The van der Waals surface area contributed by atoms with E-state index in [9.17, 15) is 0 Å². The molecule has 0 radical (unpaired) electrons. The molecule has 0 N–H and O–H groups in total. The lowest BCUT2D eigenvalue weighted by molar-refractivity contribution is 1.21. The van der Waals surface area contributed by atoms with Crippen LogP contribution in [0.1, 0.15) is 11.1 Å². The van der Waals surface area contributed by atoms with Crippen LogP contribution in [-0.4, -0.2) is 12.8 Å². The van der Waals surface area contributed by atoms with Crippen LogP contribution >= 0.6 is 0 Å². The molecule has 0 aromatic heterocycles. The molecular formula is C27H22N2. The van der Waals surface area contributed by atoms with Gasteiger partial charge in [-0.15, -0.1) is 0 Å². The predicted molar refractivity (Wildman–Crippen MR) is 123 cm³/mol. The maximum Gasteiger partial charge on any atom is 0.0669 e. The number of benzene rings is 4. The molecule has 0 fully saturated rings. The number of para-hydroxylation sites is 2. The minimum Gasteiger partial charge on any atom is -0.344 e. The van der Waals surface area contributed by atoms with Crippen molar-refractivity contribution < 1.29 is 0 Å². The molecule has 0 aliphatic carbocycles.